The predicted molar refractivity (Wildman–Crippen MR) is 102 cm³/mol. The van der Waals surface area contributed by atoms with Crippen LogP contribution in [-0.4, -0.2) is 49.0 Å². The first kappa shape index (κ1) is 19.7. The molecule has 1 N–H and O–H groups in total. The highest BCUT2D eigenvalue weighted by molar-refractivity contribution is 5.92. The lowest BCUT2D eigenvalue weighted by atomic mass is 10.2. The molecule has 0 radical (unpaired) electrons. The third kappa shape index (κ3) is 5.16. The van der Waals surface area contributed by atoms with E-state index in [0.717, 1.165) is 12.2 Å². The standard InChI is InChI=1S/C19H26N4O3/c1-4-22(17-8-6-5-7-15(17)2)12-11-20-19(25)16-9-10-18(24)23(21-16)13-14-26-3/h5-10H,4,11-14H2,1-3H3,(H,20,25). The van der Waals surface area contributed by atoms with Crippen LogP contribution < -0.4 is 15.8 Å². The lowest BCUT2D eigenvalue weighted by Crippen LogP contribution is -2.36. The van der Waals surface area contributed by atoms with Gasteiger partial charge in [-0.3, -0.25) is 9.59 Å². The number of hydrogen-bond donors (Lipinski definition) is 1. The fraction of sp³-hybridized carbons (Fsp3) is 0.421. The monoisotopic (exact) mass is 358 g/mol. The van der Waals surface area contributed by atoms with Gasteiger partial charge in [-0.15, -0.1) is 0 Å². The van der Waals surface area contributed by atoms with Gasteiger partial charge in [-0.05, 0) is 31.5 Å². The number of hydrogen-bond acceptors (Lipinski definition) is 5. The molecule has 140 valence electrons. The van der Waals surface area contributed by atoms with Crippen LogP contribution in [0.2, 0.25) is 0 Å². The van der Waals surface area contributed by atoms with Crippen molar-refractivity contribution in [3.05, 3.63) is 58.0 Å². The number of anilines is 1. The van der Waals surface area contributed by atoms with Crippen molar-refractivity contribution in [2.75, 3.05) is 38.3 Å². The van der Waals surface area contributed by atoms with Gasteiger partial charge < -0.3 is 15.0 Å². The average molecular weight is 358 g/mol. The van der Waals surface area contributed by atoms with Gasteiger partial charge in [0.25, 0.3) is 11.5 Å². The van der Waals surface area contributed by atoms with Gasteiger partial charge in [0.1, 0.15) is 5.69 Å². The molecule has 0 atom stereocenters. The quantitative estimate of drug-likeness (QED) is 0.734. The largest absolute Gasteiger partial charge is 0.383 e. The van der Waals surface area contributed by atoms with E-state index in [4.69, 9.17) is 4.74 Å². The molecule has 0 spiro atoms. The Kier molecular flexibility index (Phi) is 7.35. The first-order valence-corrected chi connectivity index (χ1v) is 8.72. The molecule has 1 aromatic carbocycles. The molecule has 1 heterocycles. The predicted octanol–water partition coefficient (Wildman–Crippen LogP) is 1.45. The maximum Gasteiger partial charge on any atom is 0.271 e. The van der Waals surface area contributed by atoms with Crippen LogP contribution >= 0.6 is 0 Å². The third-order valence-corrected chi connectivity index (χ3v) is 4.11. The van der Waals surface area contributed by atoms with Crippen molar-refractivity contribution in [3.8, 4) is 0 Å². The van der Waals surface area contributed by atoms with Crippen LogP contribution in [0.25, 0.3) is 0 Å². The van der Waals surface area contributed by atoms with E-state index >= 15 is 0 Å². The van der Waals surface area contributed by atoms with Crippen molar-refractivity contribution < 1.29 is 9.53 Å². The lowest BCUT2D eigenvalue weighted by molar-refractivity contribution is 0.0946. The summed E-state index contributed by atoms with van der Waals surface area (Å²) >= 11 is 0. The molecule has 0 unspecified atom stereocenters. The van der Waals surface area contributed by atoms with Crippen molar-refractivity contribution >= 4 is 11.6 Å². The molecule has 1 amide bonds. The second-order valence-corrected chi connectivity index (χ2v) is 5.89. The van der Waals surface area contributed by atoms with Crippen LogP contribution in [0, 0.1) is 6.92 Å². The number of benzene rings is 1. The molecule has 1 aromatic heterocycles. The number of nitrogens with zero attached hydrogens (tertiary/aromatic N) is 3. The summed E-state index contributed by atoms with van der Waals surface area (Å²) in [4.78, 5) is 26.3. The van der Waals surface area contributed by atoms with Gasteiger partial charge in [-0.25, -0.2) is 4.68 Å². The zero-order chi connectivity index (χ0) is 18.9. The van der Waals surface area contributed by atoms with Crippen molar-refractivity contribution in [1.29, 1.82) is 0 Å². The number of amides is 1. The SMILES string of the molecule is CCN(CCNC(=O)c1ccc(=O)n(CCOC)n1)c1ccccc1C. The molecule has 0 aliphatic rings. The van der Waals surface area contributed by atoms with Gasteiger partial charge in [0.15, 0.2) is 0 Å². The van der Waals surface area contributed by atoms with Gasteiger partial charge in [0, 0.05) is 38.5 Å². The second kappa shape index (κ2) is 9.72. The van der Waals surface area contributed by atoms with Gasteiger partial charge >= 0.3 is 0 Å². The molecule has 7 nitrogen and oxygen atoms in total. The highest BCUT2D eigenvalue weighted by atomic mass is 16.5. The minimum atomic E-state index is -0.294. The van der Waals surface area contributed by atoms with Crippen LogP contribution in [-0.2, 0) is 11.3 Å². The number of carbonyl (C=O) groups excluding carboxylic acids is 1. The van der Waals surface area contributed by atoms with E-state index < -0.39 is 0 Å². The first-order valence-electron chi connectivity index (χ1n) is 8.72. The topological polar surface area (TPSA) is 76.5 Å². The fourth-order valence-electron chi connectivity index (χ4n) is 2.67. The average Bonchev–Trinajstić information content (AvgIpc) is 2.65. The highest BCUT2D eigenvalue weighted by Gasteiger charge is 2.11. The second-order valence-electron chi connectivity index (χ2n) is 5.89. The van der Waals surface area contributed by atoms with E-state index in [0.29, 0.717) is 26.2 Å². The normalized spacial score (nSPS) is 10.6. The molecule has 0 fully saturated rings. The zero-order valence-corrected chi connectivity index (χ0v) is 15.6. The van der Waals surface area contributed by atoms with Crippen molar-refractivity contribution in [2.45, 2.75) is 20.4 Å². The van der Waals surface area contributed by atoms with Gasteiger partial charge in [0.05, 0.1) is 13.2 Å². The summed E-state index contributed by atoms with van der Waals surface area (Å²) in [5.41, 5.74) is 2.33. The minimum absolute atomic E-state index is 0.222. The Morgan fingerprint density at radius 3 is 2.73 bits per heavy atom. The Balaban J connectivity index is 1.96. The zero-order valence-electron chi connectivity index (χ0n) is 15.6. The smallest absolute Gasteiger partial charge is 0.271 e. The van der Waals surface area contributed by atoms with Crippen LogP contribution in [0.5, 0.6) is 0 Å². The molecule has 7 heteroatoms. The first-order chi connectivity index (χ1) is 12.6. The van der Waals surface area contributed by atoms with E-state index in [1.54, 1.807) is 7.11 Å². The summed E-state index contributed by atoms with van der Waals surface area (Å²) in [6.07, 6.45) is 0. The number of aromatic nitrogens is 2. The van der Waals surface area contributed by atoms with E-state index in [-0.39, 0.29) is 17.2 Å². The molecule has 0 aliphatic carbocycles. The van der Waals surface area contributed by atoms with E-state index in [2.05, 4.69) is 41.3 Å². The van der Waals surface area contributed by atoms with Crippen molar-refractivity contribution in [1.82, 2.24) is 15.1 Å². The molecule has 0 aliphatic heterocycles. The number of aryl methyl sites for hydroxylation is 1. The molecule has 26 heavy (non-hydrogen) atoms. The van der Waals surface area contributed by atoms with Gasteiger partial charge in [-0.2, -0.15) is 5.10 Å². The molecule has 0 bridgehead atoms. The fourth-order valence-corrected chi connectivity index (χ4v) is 2.67. The lowest BCUT2D eigenvalue weighted by Gasteiger charge is -2.25. The van der Waals surface area contributed by atoms with Crippen LogP contribution in [0.1, 0.15) is 23.0 Å². The molecular weight excluding hydrogens is 332 g/mol. The Bertz CT molecular complexity index is 788. The Labute approximate surface area is 153 Å². The number of ether oxygens (including phenoxy) is 1. The summed E-state index contributed by atoms with van der Waals surface area (Å²) in [7, 11) is 1.55. The maximum absolute atomic E-state index is 12.3. The summed E-state index contributed by atoms with van der Waals surface area (Å²) in [6.45, 7) is 6.86. The van der Waals surface area contributed by atoms with Crippen molar-refractivity contribution in [2.24, 2.45) is 0 Å². The molecule has 2 aromatic rings. The summed E-state index contributed by atoms with van der Waals surface area (Å²) in [5.74, 6) is -0.294. The summed E-state index contributed by atoms with van der Waals surface area (Å²) < 4.78 is 6.19. The van der Waals surface area contributed by atoms with E-state index in [1.807, 2.05) is 12.1 Å². The molecular formula is C19H26N4O3. The number of carbonyl (C=O) groups is 1. The highest BCUT2D eigenvalue weighted by Crippen LogP contribution is 2.18. The van der Waals surface area contributed by atoms with Crippen LogP contribution in [0.15, 0.2) is 41.2 Å². The Hall–Kier alpha value is -2.67. The number of rotatable bonds is 9. The Morgan fingerprint density at radius 1 is 1.27 bits per heavy atom. The minimum Gasteiger partial charge on any atom is -0.383 e. The van der Waals surface area contributed by atoms with Gasteiger partial charge in [-0.1, -0.05) is 18.2 Å². The van der Waals surface area contributed by atoms with Crippen LogP contribution in [0.3, 0.4) is 0 Å². The third-order valence-electron chi connectivity index (χ3n) is 4.11. The number of para-hydroxylation sites is 1. The number of methoxy groups -OCH3 is 1. The van der Waals surface area contributed by atoms with E-state index in [9.17, 15) is 9.59 Å². The maximum atomic E-state index is 12.3. The Morgan fingerprint density at radius 2 is 2.04 bits per heavy atom. The van der Waals surface area contributed by atoms with Crippen LogP contribution in [0.4, 0.5) is 5.69 Å². The number of likely N-dealkylation sites (N-methyl/N-ethyl adjacent to an activating group) is 1. The number of nitrogens with one attached hydrogen (secondary N) is 1. The summed E-state index contributed by atoms with van der Waals surface area (Å²) in [5, 5.41) is 6.96. The molecule has 2 rings (SSSR count). The van der Waals surface area contributed by atoms with E-state index in [1.165, 1.54) is 22.4 Å². The van der Waals surface area contributed by atoms with Gasteiger partial charge in [0.2, 0.25) is 0 Å². The molecule has 0 saturated heterocycles. The van der Waals surface area contributed by atoms with Crippen molar-refractivity contribution in [3.63, 3.8) is 0 Å². The summed E-state index contributed by atoms with van der Waals surface area (Å²) in [6, 6.07) is 11.0. The molecule has 0 saturated carbocycles.